The number of aliphatic hydroxyl groups excluding tert-OH is 1. The molecular weight excluding hydrogens is 403 g/mol. The molecule has 2 aliphatic rings. The second kappa shape index (κ2) is 6.65. The number of rotatable bonds is 4. The van der Waals surface area contributed by atoms with Gasteiger partial charge in [-0.15, -0.1) is 0 Å². The maximum atomic E-state index is 14.0. The molecule has 2 aromatic heterocycles. The Hall–Kier alpha value is -1.76. The first-order chi connectivity index (χ1) is 13.2. The third kappa shape index (κ3) is 2.90. The van der Waals surface area contributed by atoms with Crippen molar-refractivity contribution in [3.05, 3.63) is 12.7 Å². The molecule has 2 saturated heterocycles. The summed E-state index contributed by atoms with van der Waals surface area (Å²) in [6, 6.07) is 0. The number of alkyl halides is 2. The van der Waals surface area contributed by atoms with Crippen molar-refractivity contribution < 1.29 is 36.8 Å². The van der Waals surface area contributed by atoms with Crippen molar-refractivity contribution in [1.82, 2.24) is 19.5 Å². The summed E-state index contributed by atoms with van der Waals surface area (Å²) in [5.41, 5.74) is 3.85. The number of phosphoric acid groups is 1. The van der Waals surface area contributed by atoms with Crippen LogP contribution in [0, 0.1) is 0 Å². The topological polar surface area (TPSA) is 144 Å². The van der Waals surface area contributed by atoms with Gasteiger partial charge in [0.25, 0.3) is 6.43 Å². The van der Waals surface area contributed by atoms with E-state index >= 15 is 0 Å². The number of imidazole rings is 1. The van der Waals surface area contributed by atoms with E-state index in [1.54, 1.807) is 13.8 Å². The minimum Gasteiger partial charge on any atom is -0.386 e. The zero-order valence-electron chi connectivity index (χ0n) is 14.8. The molecule has 154 valence electrons. The van der Waals surface area contributed by atoms with Crippen molar-refractivity contribution in [2.45, 2.75) is 50.4 Å². The summed E-state index contributed by atoms with van der Waals surface area (Å²) in [6.45, 7) is 2.35. The van der Waals surface area contributed by atoms with Gasteiger partial charge >= 0.3 is 7.82 Å². The number of aromatic nitrogens is 4. The van der Waals surface area contributed by atoms with Crippen LogP contribution in [0.3, 0.4) is 0 Å². The number of anilines is 1. The van der Waals surface area contributed by atoms with Gasteiger partial charge in [-0.2, -0.15) is 0 Å². The number of hydrogen-bond acceptors (Lipinski definition) is 10. The maximum Gasteiger partial charge on any atom is 0.475 e. The van der Waals surface area contributed by atoms with Crippen LogP contribution in [0.5, 0.6) is 0 Å². The van der Waals surface area contributed by atoms with Crippen LogP contribution in [0.4, 0.5) is 14.6 Å². The second-order valence-corrected chi connectivity index (χ2v) is 8.31. The Kier molecular flexibility index (Phi) is 4.64. The van der Waals surface area contributed by atoms with Crippen LogP contribution in [0.15, 0.2) is 12.7 Å². The summed E-state index contributed by atoms with van der Waals surface area (Å²) >= 11 is 0. The predicted molar refractivity (Wildman–Crippen MR) is 89.3 cm³/mol. The van der Waals surface area contributed by atoms with Crippen LogP contribution >= 0.6 is 7.82 Å². The van der Waals surface area contributed by atoms with Gasteiger partial charge in [-0.25, -0.2) is 28.3 Å². The number of phosphoric ester groups is 1. The minimum absolute atomic E-state index is 0.0188. The van der Waals surface area contributed by atoms with E-state index in [0.29, 0.717) is 0 Å². The molecule has 0 amide bonds. The third-order valence-corrected chi connectivity index (χ3v) is 6.10. The Morgan fingerprint density at radius 1 is 1.43 bits per heavy atom. The average molecular weight is 421 g/mol. The molecule has 1 unspecified atom stereocenters. The molecule has 0 bridgehead atoms. The number of fused-ring (bicyclic) bond motifs is 2. The van der Waals surface area contributed by atoms with Crippen LogP contribution in [-0.2, 0) is 22.9 Å². The average Bonchev–Trinajstić information content (AvgIpc) is 3.15. The van der Waals surface area contributed by atoms with Gasteiger partial charge in [0.2, 0.25) is 0 Å². The number of ether oxygens (including phenoxy) is 1. The van der Waals surface area contributed by atoms with Gasteiger partial charge < -0.3 is 15.6 Å². The molecule has 28 heavy (non-hydrogen) atoms. The first-order valence-corrected chi connectivity index (χ1v) is 9.81. The number of hydrogen-bond donors (Lipinski definition) is 2. The lowest BCUT2D eigenvalue weighted by Crippen LogP contribution is -2.56. The first-order valence-electron chi connectivity index (χ1n) is 8.35. The van der Waals surface area contributed by atoms with Gasteiger partial charge in [-0.3, -0.25) is 18.1 Å². The van der Waals surface area contributed by atoms with Gasteiger partial charge in [0.15, 0.2) is 23.3 Å². The summed E-state index contributed by atoms with van der Waals surface area (Å²) in [6.07, 6.45) is -5.98. The molecule has 0 saturated carbocycles. The van der Waals surface area contributed by atoms with E-state index in [-0.39, 0.29) is 17.0 Å². The molecule has 4 heterocycles. The van der Waals surface area contributed by atoms with Gasteiger partial charge in [0.05, 0.1) is 12.7 Å². The summed E-state index contributed by atoms with van der Waals surface area (Å²) in [5, 5.41) is 10.7. The molecule has 0 aliphatic carbocycles. The van der Waals surface area contributed by atoms with Gasteiger partial charge in [-0.05, 0) is 13.8 Å². The standard InChI is InChI=1S/C14H18F2N5O6P/c1-6(2)26-28(23)24-3-14(13(15)16)9(27-28)8(22)12(25-14)21-5-20-11-7(21)10(17)18-4-19-11/h4-6,8-9,12-13,22H,3H2,1-2H3,(H2,17,18,19)/t8-,9-,12+,14-,28?/m0/s1. The number of nitrogens with zero attached hydrogens (tertiary/aromatic N) is 4. The van der Waals surface area contributed by atoms with Crippen molar-refractivity contribution in [2.75, 3.05) is 12.3 Å². The largest absolute Gasteiger partial charge is 0.475 e. The Balaban J connectivity index is 1.74. The molecular formula is C14H18F2N5O6P. The van der Waals surface area contributed by atoms with Crippen molar-refractivity contribution in [2.24, 2.45) is 0 Å². The van der Waals surface area contributed by atoms with E-state index < -0.39 is 51.0 Å². The lowest BCUT2D eigenvalue weighted by atomic mass is 9.96. The van der Waals surface area contributed by atoms with Crippen LogP contribution in [0.1, 0.15) is 20.1 Å². The summed E-state index contributed by atoms with van der Waals surface area (Å²) in [7, 11) is -4.17. The molecule has 2 aromatic rings. The highest BCUT2D eigenvalue weighted by Crippen LogP contribution is 2.61. The fraction of sp³-hybridized carbons (Fsp3) is 0.643. The summed E-state index contributed by atoms with van der Waals surface area (Å²) in [5.74, 6) is 0.0188. The lowest BCUT2D eigenvalue weighted by molar-refractivity contribution is -0.208. The predicted octanol–water partition coefficient (Wildman–Crippen LogP) is 1.25. The molecule has 0 spiro atoms. The Labute approximate surface area is 157 Å². The lowest BCUT2D eigenvalue weighted by Gasteiger charge is -2.39. The van der Waals surface area contributed by atoms with E-state index in [9.17, 15) is 18.5 Å². The van der Waals surface area contributed by atoms with Crippen molar-refractivity contribution in [3.63, 3.8) is 0 Å². The van der Waals surface area contributed by atoms with E-state index in [1.807, 2.05) is 0 Å². The zero-order chi connectivity index (χ0) is 20.3. The Morgan fingerprint density at radius 2 is 2.18 bits per heavy atom. The summed E-state index contributed by atoms with van der Waals surface area (Å²) < 4.78 is 62.6. The molecule has 2 aliphatic heterocycles. The van der Waals surface area contributed by atoms with Crippen LogP contribution in [0.25, 0.3) is 11.2 Å². The van der Waals surface area contributed by atoms with Crippen LogP contribution in [-0.4, -0.2) is 61.6 Å². The molecule has 0 aromatic carbocycles. The van der Waals surface area contributed by atoms with Gasteiger partial charge in [0, 0.05) is 0 Å². The quantitative estimate of drug-likeness (QED) is 0.692. The number of aliphatic hydroxyl groups is 1. The fourth-order valence-electron chi connectivity index (χ4n) is 3.28. The van der Waals surface area contributed by atoms with E-state index in [1.165, 1.54) is 17.2 Å². The normalized spacial score (nSPS) is 35.8. The van der Waals surface area contributed by atoms with E-state index in [0.717, 1.165) is 0 Å². The zero-order valence-corrected chi connectivity index (χ0v) is 15.7. The monoisotopic (exact) mass is 421 g/mol. The SMILES string of the molecule is CC(C)OP1(=O)OC[C@]2(C(F)F)O[C@@H](n3cnc4ncnc(N)c43)[C@@H](O)[C@@H]2O1. The maximum absolute atomic E-state index is 14.0. The molecule has 11 nitrogen and oxygen atoms in total. The van der Waals surface area contributed by atoms with E-state index in [4.69, 9.17) is 24.0 Å². The van der Waals surface area contributed by atoms with Crippen molar-refractivity contribution in [3.8, 4) is 0 Å². The minimum atomic E-state index is -4.17. The number of nitrogen functional groups attached to an aromatic ring is 1. The number of halogens is 2. The fourth-order valence-corrected chi connectivity index (χ4v) is 4.91. The molecule has 5 atom stereocenters. The molecule has 0 radical (unpaired) electrons. The highest BCUT2D eigenvalue weighted by atomic mass is 31.2. The van der Waals surface area contributed by atoms with Gasteiger partial charge in [-0.1, -0.05) is 0 Å². The Morgan fingerprint density at radius 3 is 2.86 bits per heavy atom. The van der Waals surface area contributed by atoms with Crippen molar-refractivity contribution in [1.29, 1.82) is 0 Å². The second-order valence-electron chi connectivity index (χ2n) is 6.74. The molecule has 14 heteroatoms. The molecule has 2 fully saturated rings. The third-order valence-electron chi connectivity index (χ3n) is 4.49. The Bertz CT molecular complexity index is 944. The molecule has 4 rings (SSSR count). The summed E-state index contributed by atoms with van der Waals surface area (Å²) in [4.78, 5) is 11.8. The van der Waals surface area contributed by atoms with Crippen molar-refractivity contribution >= 4 is 24.8 Å². The smallest absolute Gasteiger partial charge is 0.386 e. The van der Waals surface area contributed by atoms with Crippen LogP contribution in [0.2, 0.25) is 0 Å². The highest BCUT2D eigenvalue weighted by Gasteiger charge is 2.67. The number of nitrogens with two attached hydrogens (primary N) is 1. The highest BCUT2D eigenvalue weighted by molar-refractivity contribution is 7.48. The molecule has 3 N–H and O–H groups in total. The van der Waals surface area contributed by atoms with Crippen LogP contribution < -0.4 is 5.73 Å². The van der Waals surface area contributed by atoms with Gasteiger partial charge in [0.1, 0.15) is 30.4 Å². The first kappa shape index (κ1) is 19.6. The van der Waals surface area contributed by atoms with E-state index in [2.05, 4.69) is 15.0 Å².